The smallest absolute Gasteiger partial charge is 0.185 e. The molecule has 1 aromatic carbocycles. The number of ether oxygens (including phenoxy) is 3. The minimum absolute atomic E-state index is 0.150. The van der Waals surface area contributed by atoms with Gasteiger partial charge in [0.15, 0.2) is 11.5 Å². The molecule has 112 valence electrons. The highest BCUT2D eigenvalue weighted by Crippen LogP contribution is 2.32. The van der Waals surface area contributed by atoms with Gasteiger partial charge in [0.1, 0.15) is 18.1 Å². The molecule has 0 aliphatic heterocycles. The lowest BCUT2D eigenvalue weighted by molar-refractivity contribution is 0.253. The molecule has 0 saturated carbocycles. The van der Waals surface area contributed by atoms with E-state index in [2.05, 4.69) is 4.98 Å². The van der Waals surface area contributed by atoms with Crippen molar-refractivity contribution in [1.29, 1.82) is 0 Å². The number of nitrogens with zero attached hydrogens (tertiary/aromatic N) is 1. The highest BCUT2D eigenvalue weighted by atomic mass is 35.5. The molecule has 21 heavy (non-hydrogen) atoms. The van der Waals surface area contributed by atoms with Crippen molar-refractivity contribution >= 4 is 11.6 Å². The van der Waals surface area contributed by atoms with Crippen molar-refractivity contribution in [2.24, 2.45) is 0 Å². The van der Waals surface area contributed by atoms with Gasteiger partial charge < -0.3 is 19.3 Å². The van der Waals surface area contributed by atoms with Gasteiger partial charge in [0.25, 0.3) is 0 Å². The van der Waals surface area contributed by atoms with E-state index in [-0.39, 0.29) is 13.2 Å². The minimum atomic E-state index is -0.154. The number of aliphatic hydroxyl groups excluding tert-OH is 1. The molecule has 0 atom stereocenters. The maximum absolute atomic E-state index is 9.32. The summed E-state index contributed by atoms with van der Waals surface area (Å²) in [7, 11) is 3.10. The lowest BCUT2D eigenvalue weighted by atomic mass is 10.2. The van der Waals surface area contributed by atoms with Crippen molar-refractivity contribution in [1.82, 2.24) is 4.98 Å². The standard InChI is InChI=1S/C15H16ClNO4/c1-19-13-6-7-17-12(15(13)20-2)9-21-14-10(8-18)4-3-5-11(14)16/h3-7,18H,8-9H2,1-2H3. The van der Waals surface area contributed by atoms with Crippen LogP contribution in [0.2, 0.25) is 5.02 Å². The van der Waals surface area contributed by atoms with E-state index in [0.29, 0.717) is 33.5 Å². The summed E-state index contributed by atoms with van der Waals surface area (Å²) in [5.41, 5.74) is 1.20. The fraction of sp³-hybridized carbons (Fsp3) is 0.267. The number of aliphatic hydroxyl groups is 1. The second kappa shape index (κ2) is 7.15. The monoisotopic (exact) mass is 309 g/mol. The predicted octanol–water partition coefficient (Wildman–Crippen LogP) is 2.82. The van der Waals surface area contributed by atoms with Gasteiger partial charge in [0.2, 0.25) is 0 Å². The van der Waals surface area contributed by atoms with E-state index in [1.807, 2.05) is 0 Å². The third-order valence-electron chi connectivity index (χ3n) is 2.94. The van der Waals surface area contributed by atoms with Crippen LogP contribution < -0.4 is 14.2 Å². The summed E-state index contributed by atoms with van der Waals surface area (Å²) < 4.78 is 16.2. The lowest BCUT2D eigenvalue weighted by Gasteiger charge is -2.14. The molecule has 1 N–H and O–H groups in total. The summed E-state index contributed by atoms with van der Waals surface area (Å²) >= 11 is 6.09. The maximum atomic E-state index is 9.32. The van der Waals surface area contributed by atoms with Gasteiger partial charge in [-0.1, -0.05) is 23.7 Å². The molecular formula is C15H16ClNO4. The van der Waals surface area contributed by atoms with E-state index in [0.717, 1.165) is 0 Å². The SMILES string of the molecule is COc1ccnc(COc2c(Cl)cccc2CO)c1OC. The summed E-state index contributed by atoms with van der Waals surface area (Å²) in [5, 5.41) is 9.76. The highest BCUT2D eigenvalue weighted by molar-refractivity contribution is 6.32. The first-order chi connectivity index (χ1) is 10.2. The van der Waals surface area contributed by atoms with Crippen molar-refractivity contribution in [2.45, 2.75) is 13.2 Å². The Kier molecular flexibility index (Phi) is 5.25. The van der Waals surface area contributed by atoms with Crippen LogP contribution in [-0.4, -0.2) is 24.3 Å². The van der Waals surface area contributed by atoms with E-state index in [9.17, 15) is 5.11 Å². The van der Waals surface area contributed by atoms with Crippen LogP contribution in [0.3, 0.4) is 0 Å². The van der Waals surface area contributed by atoms with E-state index < -0.39 is 0 Å². The molecule has 2 rings (SSSR count). The van der Waals surface area contributed by atoms with E-state index in [1.54, 1.807) is 37.6 Å². The molecule has 0 fully saturated rings. The zero-order valence-corrected chi connectivity index (χ0v) is 12.6. The van der Waals surface area contributed by atoms with E-state index in [4.69, 9.17) is 25.8 Å². The number of pyridine rings is 1. The Bertz CT molecular complexity index is 619. The molecular weight excluding hydrogens is 294 g/mol. The largest absolute Gasteiger partial charge is 0.493 e. The molecule has 0 spiro atoms. The predicted molar refractivity (Wildman–Crippen MR) is 79.0 cm³/mol. The quantitative estimate of drug-likeness (QED) is 0.889. The van der Waals surface area contributed by atoms with E-state index >= 15 is 0 Å². The molecule has 6 heteroatoms. The van der Waals surface area contributed by atoms with Crippen molar-refractivity contribution in [2.75, 3.05) is 14.2 Å². The molecule has 0 saturated heterocycles. The first-order valence-corrected chi connectivity index (χ1v) is 6.66. The van der Waals surface area contributed by atoms with Crippen LogP contribution in [0.25, 0.3) is 0 Å². The van der Waals surface area contributed by atoms with Gasteiger partial charge in [-0.25, -0.2) is 0 Å². The van der Waals surface area contributed by atoms with Crippen LogP contribution in [0.1, 0.15) is 11.3 Å². The van der Waals surface area contributed by atoms with Crippen LogP contribution in [0, 0.1) is 0 Å². The van der Waals surface area contributed by atoms with Gasteiger partial charge in [-0.15, -0.1) is 0 Å². The molecule has 1 aromatic heterocycles. The van der Waals surface area contributed by atoms with Gasteiger partial charge in [-0.05, 0) is 6.07 Å². The Balaban J connectivity index is 2.25. The third kappa shape index (κ3) is 3.37. The molecule has 0 amide bonds. The fourth-order valence-corrected chi connectivity index (χ4v) is 2.18. The Morgan fingerprint density at radius 2 is 1.95 bits per heavy atom. The number of halogens is 1. The van der Waals surface area contributed by atoms with E-state index in [1.165, 1.54) is 7.11 Å². The topological polar surface area (TPSA) is 60.8 Å². The maximum Gasteiger partial charge on any atom is 0.185 e. The van der Waals surface area contributed by atoms with Crippen molar-refractivity contribution in [3.05, 3.63) is 46.7 Å². The highest BCUT2D eigenvalue weighted by Gasteiger charge is 2.14. The average Bonchev–Trinajstić information content (AvgIpc) is 2.52. The fourth-order valence-electron chi connectivity index (χ4n) is 1.93. The zero-order valence-electron chi connectivity index (χ0n) is 11.8. The van der Waals surface area contributed by atoms with Gasteiger partial charge in [0, 0.05) is 17.8 Å². The van der Waals surface area contributed by atoms with Crippen molar-refractivity contribution in [3.63, 3.8) is 0 Å². The molecule has 0 unspecified atom stereocenters. The zero-order chi connectivity index (χ0) is 15.2. The molecule has 0 bridgehead atoms. The molecule has 5 nitrogen and oxygen atoms in total. The van der Waals surface area contributed by atoms with Crippen LogP contribution in [0.15, 0.2) is 30.5 Å². The normalized spacial score (nSPS) is 10.3. The molecule has 0 aliphatic rings. The minimum Gasteiger partial charge on any atom is -0.493 e. The number of methoxy groups -OCH3 is 2. The van der Waals surface area contributed by atoms with Crippen LogP contribution in [-0.2, 0) is 13.2 Å². The summed E-state index contributed by atoms with van der Waals surface area (Å²) in [6.45, 7) is -0.00429. The lowest BCUT2D eigenvalue weighted by Crippen LogP contribution is -2.04. The average molecular weight is 310 g/mol. The van der Waals surface area contributed by atoms with Crippen LogP contribution in [0.4, 0.5) is 0 Å². The number of hydrogen-bond donors (Lipinski definition) is 1. The first-order valence-electron chi connectivity index (χ1n) is 6.28. The number of benzene rings is 1. The second-order valence-corrected chi connectivity index (χ2v) is 4.58. The molecule has 2 aromatic rings. The summed E-state index contributed by atoms with van der Waals surface area (Å²) in [5.74, 6) is 1.53. The molecule has 0 radical (unpaired) electrons. The van der Waals surface area contributed by atoms with Gasteiger partial charge in [-0.3, -0.25) is 4.98 Å². The Hall–Kier alpha value is -1.98. The Labute approximate surface area is 128 Å². The Morgan fingerprint density at radius 1 is 1.14 bits per heavy atom. The van der Waals surface area contributed by atoms with Crippen LogP contribution in [0.5, 0.6) is 17.2 Å². The van der Waals surface area contributed by atoms with Crippen molar-refractivity contribution < 1.29 is 19.3 Å². The third-order valence-corrected chi connectivity index (χ3v) is 3.24. The summed E-state index contributed by atoms with van der Waals surface area (Å²) in [4.78, 5) is 4.22. The number of para-hydroxylation sites is 1. The van der Waals surface area contributed by atoms with Crippen molar-refractivity contribution in [3.8, 4) is 17.2 Å². The van der Waals surface area contributed by atoms with Crippen LogP contribution >= 0.6 is 11.6 Å². The van der Waals surface area contributed by atoms with Gasteiger partial charge in [-0.2, -0.15) is 0 Å². The number of aromatic nitrogens is 1. The molecule has 0 aliphatic carbocycles. The summed E-state index contributed by atoms with van der Waals surface area (Å²) in [6.07, 6.45) is 1.61. The summed E-state index contributed by atoms with van der Waals surface area (Å²) in [6, 6.07) is 6.91. The molecule has 1 heterocycles. The first kappa shape index (κ1) is 15.4. The number of rotatable bonds is 6. The van der Waals surface area contributed by atoms with Gasteiger partial charge in [0.05, 0.1) is 25.8 Å². The second-order valence-electron chi connectivity index (χ2n) is 4.17. The van der Waals surface area contributed by atoms with Gasteiger partial charge >= 0.3 is 0 Å². The number of hydrogen-bond acceptors (Lipinski definition) is 5. The Morgan fingerprint density at radius 3 is 2.62 bits per heavy atom.